The third-order valence-corrected chi connectivity index (χ3v) is 4.26. The number of rotatable bonds is 4. The maximum Gasteiger partial charge on any atom is 0.222 e. The molecule has 5 nitrogen and oxygen atoms in total. The SMILES string of the molecule is CC1CCc2c(F)cccc2C1NC(=O)CCn1cncn1. The summed E-state index contributed by atoms with van der Waals surface area (Å²) < 4.78 is 15.5. The molecular weight excluding hydrogens is 283 g/mol. The predicted octanol–water partition coefficient (Wildman–Crippen LogP) is 2.25. The van der Waals surface area contributed by atoms with Crippen molar-refractivity contribution in [2.45, 2.75) is 38.8 Å². The molecule has 1 aliphatic rings. The van der Waals surface area contributed by atoms with Crippen molar-refractivity contribution < 1.29 is 9.18 Å². The van der Waals surface area contributed by atoms with Crippen molar-refractivity contribution >= 4 is 5.91 Å². The summed E-state index contributed by atoms with van der Waals surface area (Å²) in [6, 6.07) is 4.98. The third-order valence-electron chi connectivity index (χ3n) is 4.26. The summed E-state index contributed by atoms with van der Waals surface area (Å²) in [5, 5.41) is 7.02. The molecule has 0 spiro atoms. The van der Waals surface area contributed by atoms with E-state index in [1.54, 1.807) is 17.1 Å². The molecule has 0 saturated heterocycles. The normalized spacial score (nSPS) is 20.5. The maximum absolute atomic E-state index is 13.9. The van der Waals surface area contributed by atoms with Crippen molar-refractivity contribution in [3.05, 3.63) is 47.8 Å². The second-order valence-electron chi connectivity index (χ2n) is 5.78. The quantitative estimate of drug-likeness (QED) is 0.942. The Morgan fingerprint density at radius 2 is 2.36 bits per heavy atom. The molecule has 1 aromatic heterocycles. The van der Waals surface area contributed by atoms with Gasteiger partial charge in [0, 0.05) is 6.42 Å². The van der Waals surface area contributed by atoms with Gasteiger partial charge in [0.15, 0.2) is 0 Å². The van der Waals surface area contributed by atoms with Crippen LogP contribution in [0.1, 0.15) is 36.9 Å². The molecule has 2 atom stereocenters. The maximum atomic E-state index is 13.9. The number of benzene rings is 1. The summed E-state index contributed by atoms with van der Waals surface area (Å²) in [5.74, 6) is 0.0698. The molecule has 0 radical (unpaired) electrons. The van der Waals surface area contributed by atoms with Crippen LogP contribution >= 0.6 is 0 Å². The van der Waals surface area contributed by atoms with Crippen molar-refractivity contribution in [3.8, 4) is 0 Å². The molecule has 2 aromatic rings. The molecular formula is C16H19FN4O. The number of halogens is 1. The van der Waals surface area contributed by atoms with Gasteiger partial charge in [-0.1, -0.05) is 19.1 Å². The van der Waals surface area contributed by atoms with Crippen molar-refractivity contribution in [2.24, 2.45) is 5.92 Å². The van der Waals surface area contributed by atoms with Crippen LogP contribution in [0, 0.1) is 11.7 Å². The van der Waals surface area contributed by atoms with Crippen LogP contribution in [0.25, 0.3) is 0 Å². The van der Waals surface area contributed by atoms with Gasteiger partial charge >= 0.3 is 0 Å². The molecule has 1 aliphatic carbocycles. The number of carbonyl (C=O) groups excluding carboxylic acids is 1. The molecule has 0 saturated carbocycles. The van der Waals surface area contributed by atoms with Crippen LogP contribution in [-0.2, 0) is 17.8 Å². The summed E-state index contributed by atoms with van der Waals surface area (Å²) >= 11 is 0. The van der Waals surface area contributed by atoms with E-state index in [2.05, 4.69) is 22.3 Å². The summed E-state index contributed by atoms with van der Waals surface area (Å²) in [6.45, 7) is 2.58. The summed E-state index contributed by atoms with van der Waals surface area (Å²) in [4.78, 5) is 16.0. The number of fused-ring (bicyclic) bond motifs is 1. The largest absolute Gasteiger partial charge is 0.349 e. The van der Waals surface area contributed by atoms with Crippen LogP contribution in [0.3, 0.4) is 0 Å². The Morgan fingerprint density at radius 1 is 1.50 bits per heavy atom. The summed E-state index contributed by atoms with van der Waals surface area (Å²) in [7, 11) is 0. The van der Waals surface area contributed by atoms with Crippen LogP contribution in [0.5, 0.6) is 0 Å². The van der Waals surface area contributed by atoms with Gasteiger partial charge in [0.25, 0.3) is 0 Å². The van der Waals surface area contributed by atoms with Gasteiger partial charge < -0.3 is 5.32 Å². The zero-order valence-electron chi connectivity index (χ0n) is 12.5. The smallest absolute Gasteiger partial charge is 0.222 e. The Morgan fingerprint density at radius 3 is 3.14 bits per heavy atom. The summed E-state index contributed by atoms with van der Waals surface area (Å²) in [5.41, 5.74) is 1.65. The number of nitrogens with one attached hydrogen (secondary N) is 1. The van der Waals surface area contributed by atoms with Crippen LogP contribution < -0.4 is 5.32 Å². The topological polar surface area (TPSA) is 59.8 Å². The van der Waals surface area contributed by atoms with Crippen LogP contribution in [0.4, 0.5) is 4.39 Å². The van der Waals surface area contributed by atoms with Gasteiger partial charge in [-0.2, -0.15) is 5.10 Å². The zero-order chi connectivity index (χ0) is 15.5. The highest BCUT2D eigenvalue weighted by Crippen LogP contribution is 2.35. The van der Waals surface area contributed by atoms with Crippen molar-refractivity contribution in [1.82, 2.24) is 20.1 Å². The summed E-state index contributed by atoms with van der Waals surface area (Å²) in [6.07, 6.45) is 4.97. The molecule has 2 unspecified atom stereocenters. The Kier molecular flexibility index (Phi) is 4.18. The molecule has 1 aromatic carbocycles. The molecule has 0 aliphatic heterocycles. The van der Waals surface area contributed by atoms with Crippen LogP contribution in [-0.4, -0.2) is 20.7 Å². The molecule has 0 bridgehead atoms. The fraction of sp³-hybridized carbons (Fsp3) is 0.438. The van der Waals surface area contributed by atoms with E-state index < -0.39 is 0 Å². The second-order valence-corrected chi connectivity index (χ2v) is 5.78. The monoisotopic (exact) mass is 302 g/mol. The Labute approximate surface area is 128 Å². The highest BCUT2D eigenvalue weighted by Gasteiger charge is 2.29. The fourth-order valence-corrected chi connectivity index (χ4v) is 3.01. The highest BCUT2D eigenvalue weighted by molar-refractivity contribution is 5.76. The first-order valence-electron chi connectivity index (χ1n) is 7.54. The Bertz CT molecular complexity index is 656. The average Bonchev–Trinajstić information content (AvgIpc) is 3.02. The number of amides is 1. The standard InChI is InChI=1S/C16H19FN4O/c1-11-5-6-12-13(3-2-4-14(12)17)16(11)20-15(22)7-8-21-10-18-9-19-21/h2-4,9-11,16H,5-8H2,1H3,(H,20,22). The van der Waals surface area contributed by atoms with Crippen LogP contribution in [0.15, 0.2) is 30.9 Å². The van der Waals surface area contributed by atoms with Crippen molar-refractivity contribution in [2.75, 3.05) is 0 Å². The van der Waals surface area contributed by atoms with E-state index in [-0.39, 0.29) is 17.8 Å². The van der Waals surface area contributed by atoms with Gasteiger partial charge in [-0.15, -0.1) is 0 Å². The number of carbonyl (C=O) groups is 1. The molecule has 0 fully saturated rings. The molecule has 116 valence electrons. The molecule has 1 amide bonds. The van der Waals surface area contributed by atoms with Gasteiger partial charge in [0.2, 0.25) is 5.91 Å². The van der Waals surface area contributed by atoms with E-state index in [0.29, 0.717) is 18.9 Å². The Balaban J connectivity index is 1.69. The van der Waals surface area contributed by atoms with E-state index >= 15 is 0 Å². The molecule has 22 heavy (non-hydrogen) atoms. The minimum absolute atomic E-state index is 0.0514. The molecule has 6 heteroatoms. The van der Waals surface area contributed by atoms with Crippen molar-refractivity contribution in [3.63, 3.8) is 0 Å². The van der Waals surface area contributed by atoms with E-state index in [9.17, 15) is 9.18 Å². The average molecular weight is 302 g/mol. The first-order chi connectivity index (χ1) is 10.6. The Hall–Kier alpha value is -2.24. The van der Waals surface area contributed by atoms with E-state index in [1.807, 2.05) is 6.07 Å². The number of nitrogens with zero attached hydrogens (tertiary/aromatic N) is 3. The van der Waals surface area contributed by atoms with E-state index in [1.165, 1.54) is 12.4 Å². The van der Waals surface area contributed by atoms with Crippen molar-refractivity contribution in [1.29, 1.82) is 0 Å². The number of hydrogen-bond acceptors (Lipinski definition) is 3. The lowest BCUT2D eigenvalue weighted by Crippen LogP contribution is -2.36. The lowest BCUT2D eigenvalue weighted by atomic mass is 9.80. The van der Waals surface area contributed by atoms with E-state index in [0.717, 1.165) is 24.0 Å². The second kappa shape index (κ2) is 6.25. The van der Waals surface area contributed by atoms with E-state index in [4.69, 9.17) is 0 Å². The minimum atomic E-state index is -0.175. The third kappa shape index (κ3) is 3.00. The lowest BCUT2D eigenvalue weighted by Gasteiger charge is -2.32. The van der Waals surface area contributed by atoms with Gasteiger partial charge in [-0.3, -0.25) is 9.48 Å². The fourth-order valence-electron chi connectivity index (χ4n) is 3.01. The number of hydrogen-bond donors (Lipinski definition) is 1. The van der Waals surface area contributed by atoms with Gasteiger partial charge in [0.05, 0.1) is 12.6 Å². The molecule has 1 heterocycles. The minimum Gasteiger partial charge on any atom is -0.349 e. The first-order valence-corrected chi connectivity index (χ1v) is 7.54. The van der Waals surface area contributed by atoms with Gasteiger partial charge in [-0.25, -0.2) is 9.37 Å². The lowest BCUT2D eigenvalue weighted by molar-refractivity contribution is -0.122. The predicted molar refractivity (Wildman–Crippen MR) is 79.4 cm³/mol. The van der Waals surface area contributed by atoms with Crippen LogP contribution in [0.2, 0.25) is 0 Å². The first kappa shape index (κ1) is 14.7. The van der Waals surface area contributed by atoms with Gasteiger partial charge in [-0.05, 0) is 36.0 Å². The molecule has 1 N–H and O–H groups in total. The zero-order valence-corrected chi connectivity index (χ0v) is 12.5. The number of aryl methyl sites for hydroxylation is 1. The molecule has 3 rings (SSSR count). The highest BCUT2D eigenvalue weighted by atomic mass is 19.1. The van der Waals surface area contributed by atoms with Gasteiger partial charge in [0.1, 0.15) is 18.5 Å². The number of aromatic nitrogens is 3.